The summed E-state index contributed by atoms with van der Waals surface area (Å²) in [4.78, 5) is 14.5. The minimum atomic E-state index is -0.245. The van der Waals surface area contributed by atoms with E-state index in [1.165, 1.54) is 6.92 Å². The summed E-state index contributed by atoms with van der Waals surface area (Å²) in [5.74, 6) is -0.245. The molecule has 0 fully saturated rings. The quantitative estimate of drug-likeness (QED) is 0.602. The molecular weight excluding hydrogens is 234 g/mol. The fraction of sp³-hybridized carbons (Fsp3) is 0.333. The number of carbonyl (C=O) groups excluding carboxylic acids is 1. The number of aromatic nitrogens is 1. The second kappa shape index (κ2) is 4.97. The number of hydrogen-bond donors (Lipinski definition) is 0. The Morgan fingerprint density at radius 1 is 1.62 bits per heavy atom. The van der Waals surface area contributed by atoms with Gasteiger partial charge in [-0.15, -0.1) is 0 Å². The molecule has 0 saturated heterocycles. The third-order valence-corrected chi connectivity index (χ3v) is 1.95. The third-order valence-electron chi connectivity index (χ3n) is 1.48. The van der Waals surface area contributed by atoms with Crippen molar-refractivity contribution >= 4 is 21.9 Å². The molecule has 0 atom stereocenters. The van der Waals surface area contributed by atoms with Gasteiger partial charge in [0.1, 0.15) is 4.60 Å². The predicted molar refractivity (Wildman–Crippen MR) is 52.3 cm³/mol. The van der Waals surface area contributed by atoms with Crippen LogP contribution in [0.1, 0.15) is 12.5 Å². The second-order valence-corrected chi connectivity index (χ2v) is 3.39. The van der Waals surface area contributed by atoms with Crippen LogP contribution < -0.4 is 0 Å². The standard InChI is InChI=1S/C9H10BrNO2/c1-7(12)13-5-4-8-2-3-9(10)11-6-8/h2-3,6H,4-5H2,1H3. The van der Waals surface area contributed by atoms with E-state index in [0.717, 1.165) is 10.2 Å². The van der Waals surface area contributed by atoms with Gasteiger partial charge in [0.15, 0.2) is 0 Å². The molecule has 1 rings (SSSR count). The van der Waals surface area contributed by atoms with Gasteiger partial charge in [-0.05, 0) is 27.6 Å². The van der Waals surface area contributed by atoms with Gasteiger partial charge in [-0.25, -0.2) is 4.98 Å². The summed E-state index contributed by atoms with van der Waals surface area (Å²) >= 11 is 3.24. The molecule has 1 aromatic rings. The maximum Gasteiger partial charge on any atom is 0.302 e. The molecule has 4 heteroatoms. The molecule has 0 saturated carbocycles. The lowest BCUT2D eigenvalue weighted by Crippen LogP contribution is -2.03. The van der Waals surface area contributed by atoms with Crippen LogP contribution in [-0.2, 0) is 16.0 Å². The molecule has 1 aromatic heterocycles. The van der Waals surface area contributed by atoms with E-state index in [0.29, 0.717) is 13.0 Å². The molecule has 0 aliphatic rings. The van der Waals surface area contributed by atoms with E-state index in [9.17, 15) is 4.79 Å². The van der Waals surface area contributed by atoms with Crippen LogP contribution in [0.2, 0.25) is 0 Å². The first-order valence-corrected chi connectivity index (χ1v) is 4.71. The van der Waals surface area contributed by atoms with Gasteiger partial charge >= 0.3 is 5.97 Å². The lowest BCUT2D eigenvalue weighted by atomic mass is 10.2. The summed E-state index contributed by atoms with van der Waals surface area (Å²) in [6, 6.07) is 3.81. The van der Waals surface area contributed by atoms with Gasteiger partial charge in [0.25, 0.3) is 0 Å². The molecule has 0 N–H and O–H groups in total. The van der Waals surface area contributed by atoms with E-state index in [1.54, 1.807) is 6.20 Å². The van der Waals surface area contributed by atoms with Gasteiger partial charge < -0.3 is 4.74 Å². The summed E-state index contributed by atoms with van der Waals surface area (Å²) in [5, 5.41) is 0. The third kappa shape index (κ3) is 4.03. The SMILES string of the molecule is CC(=O)OCCc1ccc(Br)nc1. The fourth-order valence-corrected chi connectivity index (χ4v) is 1.10. The Kier molecular flexibility index (Phi) is 3.89. The minimum Gasteiger partial charge on any atom is -0.466 e. The van der Waals surface area contributed by atoms with Gasteiger partial charge in [0, 0.05) is 19.5 Å². The fourth-order valence-electron chi connectivity index (χ4n) is 0.867. The van der Waals surface area contributed by atoms with Gasteiger partial charge in [-0.3, -0.25) is 4.79 Å². The highest BCUT2D eigenvalue weighted by atomic mass is 79.9. The normalized spacial score (nSPS) is 9.69. The summed E-state index contributed by atoms with van der Waals surface area (Å²) in [5.41, 5.74) is 1.06. The number of halogens is 1. The maximum absolute atomic E-state index is 10.4. The number of rotatable bonds is 3. The number of carbonyl (C=O) groups is 1. The number of hydrogen-bond acceptors (Lipinski definition) is 3. The van der Waals surface area contributed by atoms with Crippen molar-refractivity contribution in [2.24, 2.45) is 0 Å². The monoisotopic (exact) mass is 243 g/mol. The summed E-state index contributed by atoms with van der Waals surface area (Å²) in [6.45, 7) is 1.82. The van der Waals surface area contributed by atoms with E-state index >= 15 is 0 Å². The topological polar surface area (TPSA) is 39.2 Å². The lowest BCUT2D eigenvalue weighted by Gasteiger charge is -2.01. The van der Waals surface area contributed by atoms with Crippen molar-refractivity contribution in [2.45, 2.75) is 13.3 Å². The van der Waals surface area contributed by atoms with Crippen LogP contribution in [0, 0.1) is 0 Å². The Morgan fingerprint density at radius 3 is 2.92 bits per heavy atom. The molecular formula is C9H10BrNO2. The van der Waals surface area contributed by atoms with Crippen molar-refractivity contribution in [1.82, 2.24) is 4.98 Å². The predicted octanol–water partition coefficient (Wildman–Crippen LogP) is 1.95. The van der Waals surface area contributed by atoms with E-state index in [4.69, 9.17) is 4.74 Å². The van der Waals surface area contributed by atoms with Crippen LogP contribution in [0.4, 0.5) is 0 Å². The number of pyridine rings is 1. The first kappa shape index (κ1) is 10.2. The van der Waals surface area contributed by atoms with Gasteiger partial charge in [-0.2, -0.15) is 0 Å². The molecule has 0 amide bonds. The molecule has 0 aromatic carbocycles. The molecule has 0 bridgehead atoms. The Bertz CT molecular complexity index is 284. The first-order valence-electron chi connectivity index (χ1n) is 3.92. The molecule has 13 heavy (non-hydrogen) atoms. The zero-order valence-electron chi connectivity index (χ0n) is 7.29. The average Bonchev–Trinajstić information content (AvgIpc) is 2.08. The van der Waals surface area contributed by atoms with E-state index in [2.05, 4.69) is 20.9 Å². The van der Waals surface area contributed by atoms with Crippen molar-refractivity contribution < 1.29 is 9.53 Å². The smallest absolute Gasteiger partial charge is 0.302 e. The van der Waals surface area contributed by atoms with Gasteiger partial charge in [0.2, 0.25) is 0 Å². The summed E-state index contributed by atoms with van der Waals surface area (Å²) < 4.78 is 5.61. The average molecular weight is 244 g/mol. The zero-order chi connectivity index (χ0) is 9.68. The molecule has 0 unspecified atom stereocenters. The first-order chi connectivity index (χ1) is 6.18. The summed E-state index contributed by atoms with van der Waals surface area (Å²) in [7, 11) is 0. The van der Waals surface area contributed by atoms with Crippen molar-refractivity contribution in [3.63, 3.8) is 0 Å². The highest BCUT2D eigenvalue weighted by Crippen LogP contribution is 2.06. The minimum absolute atomic E-state index is 0.245. The van der Waals surface area contributed by atoms with E-state index in [-0.39, 0.29) is 5.97 Å². The molecule has 1 heterocycles. The summed E-state index contributed by atoms with van der Waals surface area (Å²) in [6.07, 6.45) is 2.47. The second-order valence-electron chi connectivity index (χ2n) is 2.58. The number of nitrogens with zero attached hydrogens (tertiary/aromatic N) is 1. The Morgan fingerprint density at radius 2 is 2.38 bits per heavy atom. The Balaban J connectivity index is 2.37. The zero-order valence-corrected chi connectivity index (χ0v) is 8.87. The van der Waals surface area contributed by atoms with Gasteiger partial charge in [0.05, 0.1) is 6.61 Å². The van der Waals surface area contributed by atoms with Crippen molar-refractivity contribution in [3.05, 3.63) is 28.5 Å². The molecule has 3 nitrogen and oxygen atoms in total. The number of esters is 1. The molecule has 0 aliphatic carbocycles. The highest BCUT2D eigenvalue weighted by Gasteiger charge is 1.96. The Labute approximate surface area is 85.3 Å². The molecule has 0 aliphatic heterocycles. The van der Waals surface area contributed by atoms with Crippen LogP contribution >= 0.6 is 15.9 Å². The van der Waals surface area contributed by atoms with Crippen molar-refractivity contribution in [3.8, 4) is 0 Å². The van der Waals surface area contributed by atoms with Crippen molar-refractivity contribution in [1.29, 1.82) is 0 Å². The van der Waals surface area contributed by atoms with E-state index < -0.39 is 0 Å². The molecule has 70 valence electrons. The van der Waals surface area contributed by atoms with Crippen LogP contribution in [0.15, 0.2) is 22.9 Å². The molecule has 0 spiro atoms. The van der Waals surface area contributed by atoms with Crippen molar-refractivity contribution in [2.75, 3.05) is 6.61 Å². The number of ether oxygens (including phenoxy) is 1. The lowest BCUT2D eigenvalue weighted by molar-refractivity contribution is -0.140. The van der Waals surface area contributed by atoms with Gasteiger partial charge in [-0.1, -0.05) is 6.07 Å². The highest BCUT2D eigenvalue weighted by molar-refractivity contribution is 9.10. The molecule has 0 radical (unpaired) electrons. The van der Waals surface area contributed by atoms with E-state index in [1.807, 2.05) is 12.1 Å². The largest absolute Gasteiger partial charge is 0.466 e. The van der Waals surface area contributed by atoms with Crippen LogP contribution in [0.3, 0.4) is 0 Å². The van der Waals surface area contributed by atoms with Crippen LogP contribution in [0.5, 0.6) is 0 Å². The van der Waals surface area contributed by atoms with Crippen LogP contribution in [-0.4, -0.2) is 17.6 Å². The Hall–Kier alpha value is -0.900. The van der Waals surface area contributed by atoms with Crippen LogP contribution in [0.25, 0.3) is 0 Å². The maximum atomic E-state index is 10.4.